The number of nitrogens with two attached hydrogens (primary N) is 1. The number of hydrogen-bond acceptors (Lipinski definition) is 4. The molecule has 1 heterocycles. The minimum atomic E-state index is 0.0712. The summed E-state index contributed by atoms with van der Waals surface area (Å²) in [4.78, 5) is 6.52. The van der Waals surface area contributed by atoms with Crippen LogP contribution in [-0.4, -0.2) is 23.5 Å². The van der Waals surface area contributed by atoms with Gasteiger partial charge < -0.3 is 5.73 Å². The van der Waals surface area contributed by atoms with Crippen LogP contribution in [0.3, 0.4) is 0 Å². The van der Waals surface area contributed by atoms with Crippen LogP contribution in [0.2, 0.25) is 0 Å². The molecule has 2 rings (SSSR count). The Morgan fingerprint density at radius 1 is 1.30 bits per heavy atom. The summed E-state index contributed by atoms with van der Waals surface area (Å²) in [6.07, 6.45) is 1.78. The molecular weight excluding hydrogens is 248 g/mol. The number of hydrogen-bond donors (Lipinski definition) is 1. The van der Waals surface area contributed by atoms with Crippen molar-refractivity contribution in [2.75, 3.05) is 13.6 Å². The van der Waals surface area contributed by atoms with E-state index in [9.17, 15) is 0 Å². The van der Waals surface area contributed by atoms with Gasteiger partial charge in [0.2, 0.25) is 0 Å². The zero-order valence-corrected chi connectivity index (χ0v) is 11.5. The summed E-state index contributed by atoms with van der Waals surface area (Å²) in [7, 11) is 2.02. The van der Waals surface area contributed by atoms with E-state index in [1.165, 1.54) is 0 Å². The van der Waals surface area contributed by atoms with Crippen LogP contribution >= 0.6 is 0 Å². The minimum Gasteiger partial charge on any atom is -0.329 e. The maximum absolute atomic E-state index is 8.94. The predicted octanol–water partition coefficient (Wildman–Crippen LogP) is 2.09. The summed E-state index contributed by atoms with van der Waals surface area (Å²) < 4.78 is 0. The van der Waals surface area contributed by atoms with E-state index in [-0.39, 0.29) is 6.04 Å². The maximum Gasteiger partial charge on any atom is 0.0991 e. The Bertz CT molecular complexity index is 589. The molecule has 0 radical (unpaired) electrons. The Hall–Kier alpha value is -2.22. The summed E-state index contributed by atoms with van der Waals surface area (Å²) in [6.45, 7) is 1.24. The van der Waals surface area contributed by atoms with E-state index in [0.717, 1.165) is 17.8 Å². The summed E-state index contributed by atoms with van der Waals surface area (Å²) in [5.74, 6) is 0. The second-order valence-corrected chi connectivity index (χ2v) is 4.73. The van der Waals surface area contributed by atoms with Crippen molar-refractivity contribution in [2.45, 2.75) is 12.6 Å². The molecule has 1 atom stereocenters. The van der Waals surface area contributed by atoms with Crippen LogP contribution in [0.25, 0.3) is 0 Å². The molecule has 4 nitrogen and oxygen atoms in total. The largest absolute Gasteiger partial charge is 0.329 e. The molecule has 0 fully saturated rings. The second-order valence-electron chi connectivity index (χ2n) is 4.73. The third-order valence-corrected chi connectivity index (χ3v) is 3.27. The molecule has 1 aromatic carbocycles. The highest BCUT2D eigenvalue weighted by atomic mass is 15.1. The van der Waals surface area contributed by atoms with Gasteiger partial charge in [-0.2, -0.15) is 5.26 Å². The zero-order chi connectivity index (χ0) is 14.4. The van der Waals surface area contributed by atoms with Crippen LogP contribution in [0.4, 0.5) is 0 Å². The lowest BCUT2D eigenvalue weighted by Crippen LogP contribution is -2.30. The Morgan fingerprint density at radius 3 is 2.80 bits per heavy atom. The van der Waals surface area contributed by atoms with Crippen molar-refractivity contribution in [3.63, 3.8) is 0 Å². The highest BCUT2D eigenvalue weighted by molar-refractivity contribution is 5.32. The molecule has 0 saturated heterocycles. The van der Waals surface area contributed by atoms with Crippen LogP contribution in [0, 0.1) is 11.3 Å². The van der Waals surface area contributed by atoms with E-state index < -0.39 is 0 Å². The van der Waals surface area contributed by atoms with Gasteiger partial charge in [0.15, 0.2) is 0 Å². The third kappa shape index (κ3) is 3.41. The fourth-order valence-electron chi connectivity index (χ4n) is 2.24. The fourth-order valence-corrected chi connectivity index (χ4v) is 2.24. The highest BCUT2D eigenvalue weighted by Gasteiger charge is 2.16. The van der Waals surface area contributed by atoms with Gasteiger partial charge in [-0.1, -0.05) is 18.2 Å². The van der Waals surface area contributed by atoms with Crippen molar-refractivity contribution >= 4 is 0 Å². The summed E-state index contributed by atoms with van der Waals surface area (Å²) in [6, 6.07) is 15.7. The molecule has 0 aliphatic heterocycles. The third-order valence-electron chi connectivity index (χ3n) is 3.27. The summed E-state index contributed by atoms with van der Waals surface area (Å²) >= 11 is 0. The number of likely N-dealkylation sites (N-methyl/N-ethyl adjacent to an activating group) is 1. The molecular formula is C16H18N4. The Kier molecular flexibility index (Phi) is 4.83. The van der Waals surface area contributed by atoms with Crippen molar-refractivity contribution in [2.24, 2.45) is 5.73 Å². The lowest BCUT2D eigenvalue weighted by Gasteiger charge is -2.26. The standard InChI is InChI=1S/C16H18N4/c1-20(12-14-6-4-5-13(9-14)10-17)16(11-18)15-7-2-3-8-19-15/h2-9,16H,11-12,18H2,1H3. The van der Waals surface area contributed by atoms with Crippen molar-refractivity contribution in [3.8, 4) is 6.07 Å². The van der Waals surface area contributed by atoms with Gasteiger partial charge >= 0.3 is 0 Å². The van der Waals surface area contributed by atoms with Gasteiger partial charge in [0.25, 0.3) is 0 Å². The number of nitrogens with zero attached hydrogens (tertiary/aromatic N) is 3. The first-order valence-corrected chi connectivity index (χ1v) is 6.55. The van der Waals surface area contributed by atoms with E-state index in [2.05, 4.69) is 16.0 Å². The number of benzene rings is 1. The molecule has 0 aliphatic carbocycles. The molecule has 0 amide bonds. The van der Waals surface area contributed by atoms with Crippen LogP contribution < -0.4 is 5.73 Å². The molecule has 2 N–H and O–H groups in total. The van der Waals surface area contributed by atoms with Crippen molar-refractivity contribution < 1.29 is 0 Å². The molecule has 0 aliphatic rings. The molecule has 2 aromatic rings. The van der Waals surface area contributed by atoms with Crippen molar-refractivity contribution in [1.82, 2.24) is 9.88 Å². The predicted molar refractivity (Wildman–Crippen MR) is 78.7 cm³/mol. The molecule has 0 saturated carbocycles. The lowest BCUT2D eigenvalue weighted by atomic mass is 10.1. The van der Waals surface area contributed by atoms with Crippen molar-refractivity contribution in [3.05, 3.63) is 65.5 Å². The number of pyridine rings is 1. The Balaban J connectivity index is 2.13. The van der Waals surface area contributed by atoms with E-state index >= 15 is 0 Å². The molecule has 20 heavy (non-hydrogen) atoms. The van der Waals surface area contributed by atoms with Gasteiger partial charge in [-0.3, -0.25) is 9.88 Å². The lowest BCUT2D eigenvalue weighted by molar-refractivity contribution is 0.237. The van der Waals surface area contributed by atoms with E-state index in [1.807, 2.05) is 49.5 Å². The van der Waals surface area contributed by atoms with E-state index in [0.29, 0.717) is 12.1 Å². The SMILES string of the molecule is CN(Cc1cccc(C#N)c1)C(CN)c1ccccn1. The zero-order valence-electron chi connectivity index (χ0n) is 11.5. The average molecular weight is 266 g/mol. The van der Waals surface area contributed by atoms with Crippen LogP contribution in [0.1, 0.15) is 22.9 Å². The average Bonchev–Trinajstić information content (AvgIpc) is 2.49. The van der Waals surface area contributed by atoms with Gasteiger partial charge in [-0.05, 0) is 36.9 Å². The van der Waals surface area contributed by atoms with E-state index in [1.54, 1.807) is 6.20 Å². The van der Waals surface area contributed by atoms with Crippen LogP contribution in [0.5, 0.6) is 0 Å². The van der Waals surface area contributed by atoms with Crippen LogP contribution in [0.15, 0.2) is 48.7 Å². The second kappa shape index (κ2) is 6.80. The first-order chi connectivity index (χ1) is 9.74. The monoisotopic (exact) mass is 266 g/mol. The summed E-state index contributed by atoms with van der Waals surface area (Å²) in [5, 5.41) is 8.94. The molecule has 1 unspecified atom stereocenters. The van der Waals surface area contributed by atoms with Crippen molar-refractivity contribution in [1.29, 1.82) is 5.26 Å². The van der Waals surface area contributed by atoms with Gasteiger partial charge in [-0.15, -0.1) is 0 Å². The summed E-state index contributed by atoms with van der Waals surface area (Å²) in [5.41, 5.74) is 8.62. The van der Waals surface area contributed by atoms with E-state index in [4.69, 9.17) is 11.0 Å². The molecule has 4 heteroatoms. The first-order valence-electron chi connectivity index (χ1n) is 6.55. The molecule has 0 spiro atoms. The molecule has 0 bridgehead atoms. The smallest absolute Gasteiger partial charge is 0.0991 e. The Morgan fingerprint density at radius 2 is 2.15 bits per heavy atom. The number of aromatic nitrogens is 1. The fraction of sp³-hybridized carbons (Fsp3) is 0.250. The Labute approximate surface area is 119 Å². The maximum atomic E-state index is 8.94. The van der Waals surface area contributed by atoms with Gasteiger partial charge in [0.05, 0.1) is 23.4 Å². The van der Waals surface area contributed by atoms with Gasteiger partial charge in [-0.25, -0.2) is 0 Å². The molecule has 1 aromatic heterocycles. The van der Waals surface area contributed by atoms with Gasteiger partial charge in [0, 0.05) is 19.3 Å². The molecule has 102 valence electrons. The quantitative estimate of drug-likeness (QED) is 0.900. The first kappa shape index (κ1) is 14.2. The number of rotatable bonds is 5. The van der Waals surface area contributed by atoms with Gasteiger partial charge in [0.1, 0.15) is 0 Å². The van der Waals surface area contributed by atoms with Crippen LogP contribution in [-0.2, 0) is 6.54 Å². The highest BCUT2D eigenvalue weighted by Crippen LogP contribution is 2.18. The normalized spacial score (nSPS) is 12.1. The number of nitriles is 1. The topological polar surface area (TPSA) is 65.9 Å². The minimum absolute atomic E-state index is 0.0712.